The minimum Gasteiger partial charge on any atom is -0.208 e. The topological polar surface area (TPSA) is 62.5 Å². The van der Waals surface area contributed by atoms with Crippen LogP contribution in [-0.2, 0) is 5.41 Å². The Kier molecular flexibility index (Phi) is 7.07. The fourth-order valence-electron chi connectivity index (χ4n) is 11.2. The first kappa shape index (κ1) is 31.4. The lowest BCUT2D eigenvalue weighted by Crippen LogP contribution is -2.55. The lowest BCUT2D eigenvalue weighted by molar-refractivity contribution is -0.0399. The third-order valence-electron chi connectivity index (χ3n) is 13.1. The van der Waals surface area contributed by atoms with Crippen molar-refractivity contribution < 1.29 is 0 Å². The Labute approximate surface area is 316 Å². The summed E-state index contributed by atoms with van der Waals surface area (Å²) in [4.78, 5) is 14.8. The van der Waals surface area contributed by atoms with Crippen molar-refractivity contribution in [3.63, 3.8) is 0 Å². The van der Waals surface area contributed by atoms with Crippen LogP contribution >= 0.6 is 0 Å². The molecule has 0 atom stereocenters. The third-order valence-corrected chi connectivity index (χ3v) is 13.1. The van der Waals surface area contributed by atoms with E-state index in [1.165, 1.54) is 65.5 Å². The second kappa shape index (κ2) is 12.2. The molecule has 6 aromatic carbocycles. The fourth-order valence-corrected chi connectivity index (χ4v) is 11.2. The monoisotopic (exact) mass is 694 g/mol. The van der Waals surface area contributed by atoms with Gasteiger partial charge in [-0.1, -0.05) is 127 Å². The van der Waals surface area contributed by atoms with Crippen LogP contribution in [0.1, 0.15) is 48.8 Å². The molecule has 0 aliphatic heterocycles. The molecule has 4 fully saturated rings. The van der Waals surface area contributed by atoms with Gasteiger partial charge in [-0.2, -0.15) is 5.26 Å². The van der Waals surface area contributed by atoms with Gasteiger partial charge in [0.25, 0.3) is 0 Å². The average Bonchev–Trinajstić information content (AvgIpc) is 3.53. The largest absolute Gasteiger partial charge is 0.208 e. The highest BCUT2D eigenvalue weighted by Crippen LogP contribution is 2.70. The van der Waals surface area contributed by atoms with Crippen molar-refractivity contribution in [3.8, 4) is 73.6 Å². The number of aromatic nitrogens is 3. The van der Waals surface area contributed by atoms with Crippen LogP contribution in [0.2, 0.25) is 0 Å². The molecule has 4 heteroatoms. The highest BCUT2D eigenvalue weighted by molar-refractivity contribution is 5.94. The quantitative estimate of drug-likeness (QED) is 0.180. The summed E-state index contributed by atoms with van der Waals surface area (Å²) >= 11 is 0. The van der Waals surface area contributed by atoms with Crippen molar-refractivity contribution in [2.24, 2.45) is 23.7 Å². The van der Waals surface area contributed by atoms with Gasteiger partial charge in [-0.25, -0.2) is 15.0 Å². The molecule has 1 aromatic heterocycles. The van der Waals surface area contributed by atoms with Gasteiger partial charge in [0.1, 0.15) is 0 Å². The van der Waals surface area contributed by atoms with E-state index in [1.807, 2.05) is 60.7 Å². The maximum absolute atomic E-state index is 10.0. The molecule has 4 bridgehead atoms. The van der Waals surface area contributed by atoms with E-state index in [-0.39, 0.29) is 5.41 Å². The normalized spacial score (nSPS) is 22.9. The number of hydrogen-bond acceptors (Lipinski definition) is 4. The van der Waals surface area contributed by atoms with Crippen molar-refractivity contribution in [1.29, 1.82) is 5.26 Å². The van der Waals surface area contributed by atoms with Crippen LogP contribution in [0.3, 0.4) is 0 Å². The maximum Gasteiger partial charge on any atom is 0.164 e. The number of rotatable bonds is 5. The molecule has 0 saturated heterocycles. The summed E-state index contributed by atoms with van der Waals surface area (Å²) in [5.74, 6) is 5.11. The van der Waals surface area contributed by atoms with Crippen LogP contribution < -0.4 is 0 Å². The van der Waals surface area contributed by atoms with E-state index in [0.29, 0.717) is 29.3 Å². The van der Waals surface area contributed by atoms with Crippen LogP contribution in [-0.4, -0.2) is 15.0 Å². The van der Waals surface area contributed by atoms with Crippen molar-refractivity contribution in [1.82, 2.24) is 15.0 Å². The van der Waals surface area contributed by atoms with E-state index in [0.717, 1.165) is 45.2 Å². The molecule has 0 N–H and O–H groups in total. The Morgan fingerprint density at radius 1 is 0.444 bits per heavy atom. The molecule has 4 saturated carbocycles. The number of benzene rings is 6. The van der Waals surface area contributed by atoms with Gasteiger partial charge in [-0.3, -0.25) is 0 Å². The number of hydrogen-bond donors (Lipinski definition) is 0. The zero-order valence-corrected chi connectivity index (χ0v) is 30.0. The van der Waals surface area contributed by atoms with E-state index >= 15 is 0 Å². The molecular formula is C50H38N4. The van der Waals surface area contributed by atoms with Gasteiger partial charge in [0.2, 0.25) is 0 Å². The zero-order chi connectivity index (χ0) is 35.8. The predicted octanol–water partition coefficient (Wildman–Crippen LogP) is 11.8. The Morgan fingerprint density at radius 2 is 1.00 bits per heavy atom. The van der Waals surface area contributed by atoms with E-state index < -0.39 is 0 Å². The molecule has 7 aromatic rings. The lowest BCUT2D eigenvalue weighted by atomic mass is 9.43. The van der Waals surface area contributed by atoms with Crippen LogP contribution in [0, 0.1) is 35.0 Å². The minimum atomic E-state index is 0.0677. The van der Waals surface area contributed by atoms with Crippen LogP contribution in [0.5, 0.6) is 0 Å². The lowest BCUT2D eigenvalue weighted by Gasteiger charge is -2.61. The second-order valence-electron chi connectivity index (χ2n) is 16.0. The van der Waals surface area contributed by atoms with Gasteiger partial charge in [-0.15, -0.1) is 0 Å². The van der Waals surface area contributed by atoms with E-state index in [2.05, 4.69) is 91.0 Å². The third kappa shape index (κ3) is 4.78. The molecular weight excluding hydrogens is 657 g/mol. The molecule has 54 heavy (non-hydrogen) atoms. The van der Waals surface area contributed by atoms with Crippen LogP contribution in [0.15, 0.2) is 146 Å². The Balaban J connectivity index is 0.984. The van der Waals surface area contributed by atoms with E-state index in [4.69, 9.17) is 15.0 Å². The standard InChI is InChI=1S/C50H38N4/c51-30-31-17-22-44-43(28-31)46-42(15-8-16-45(46)50(44)40-24-32-23-33(26-40)27-41(50)25-32)35-20-18-34(19-21-35)38-13-7-14-39(29-38)49-53-47(36-9-3-1-4-10-36)52-48(54-49)37-11-5-2-6-12-37/h1-22,28-29,32-33,40-41H,23-27H2. The predicted molar refractivity (Wildman–Crippen MR) is 215 cm³/mol. The molecule has 0 amide bonds. The molecule has 5 aliphatic carbocycles. The first-order valence-electron chi connectivity index (χ1n) is 19.4. The van der Waals surface area contributed by atoms with Crippen molar-refractivity contribution in [3.05, 3.63) is 162 Å². The highest BCUT2D eigenvalue weighted by atomic mass is 15.0. The molecule has 0 radical (unpaired) electrons. The summed E-state index contributed by atoms with van der Waals surface area (Å²) in [7, 11) is 0. The molecule has 4 nitrogen and oxygen atoms in total. The Morgan fingerprint density at radius 3 is 1.63 bits per heavy atom. The van der Waals surface area contributed by atoms with Crippen LogP contribution in [0.4, 0.5) is 0 Å². The molecule has 5 aliphatic rings. The smallest absolute Gasteiger partial charge is 0.164 e. The number of fused-ring (bicyclic) bond motifs is 3. The van der Waals surface area contributed by atoms with E-state index in [9.17, 15) is 5.26 Å². The van der Waals surface area contributed by atoms with Crippen molar-refractivity contribution >= 4 is 0 Å². The number of nitriles is 1. The number of nitrogens with zero attached hydrogens (tertiary/aromatic N) is 4. The molecule has 258 valence electrons. The Bertz CT molecular complexity index is 2530. The van der Waals surface area contributed by atoms with Gasteiger partial charge in [0.05, 0.1) is 11.6 Å². The minimum absolute atomic E-state index is 0.0677. The SMILES string of the molecule is N#Cc1ccc2c(c1)-c1c(-c3ccc(-c4cccc(-c5nc(-c6ccccc6)nc(-c6ccccc6)n5)c4)cc3)cccc1C21C2CC3CC(C2)CC1C3. The van der Waals surface area contributed by atoms with Gasteiger partial charge in [0, 0.05) is 22.1 Å². The van der Waals surface area contributed by atoms with E-state index in [1.54, 1.807) is 0 Å². The van der Waals surface area contributed by atoms with Crippen molar-refractivity contribution in [2.45, 2.75) is 37.5 Å². The molecule has 1 spiro atoms. The highest BCUT2D eigenvalue weighted by Gasteiger charge is 2.61. The summed E-state index contributed by atoms with van der Waals surface area (Å²) in [5, 5.41) is 10.0. The summed E-state index contributed by atoms with van der Waals surface area (Å²) in [6, 6.07) is 53.8. The summed E-state index contributed by atoms with van der Waals surface area (Å²) in [6.45, 7) is 0. The molecule has 12 rings (SSSR count). The summed E-state index contributed by atoms with van der Waals surface area (Å²) in [5.41, 5.74) is 14.0. The fraction of sp³-hybridized carbons (Fsp3) is 0.200. The maximum atomic E-state index is 10.0. The zero-order valence-electron chi connectivity index (χ0n) is 30.0. The van der Waals surface area contributed by atoms with Gasteiger partial charge < -0.3 is 0 Å². The van der Waals surface area contributed by atoms with Gasteiger partial charge in [0.15, 0.2) is 17.5 Å². The molecule has 0 unspecified atom stereocenters. The average molecular weight is 695 g/mol. The summed E-state index contributed by atoms with van der Waals surface area (Å²) in [6.07, 6.45) is 6.81. The first-order valence-corrected chi connectivity index (χ1v) is 19.4. The molecule has 1 heterocycles. The van der Waals surface area contributed by atoms with Gasteiger partial charge in [-0.05, 0) is 118 Å². The van der Waals surface area contributed by atoms with Gasteiger partial charge >= 0.3 is 0 Å². The second-order valence-corrected chi connectivity index (χ2v) is 16.0. The van der Waals surface area contributed by atoms with Crippen molar-refractivity contribution in [2.75, 3.05) is 0 Å². The van der Waals surface area contributed by atoms with Crippen LogP contribution in [0.25, 0.3) is 67.5 Å². The Hall–Kier alpha value is -6.18. The summed E-state index contributed by atoms with van der Waals surface area (Å²) < 4.78 is 0. The first-order chi connectivity index (χ1) is 26.7.